The third-order valence-electron chi connectivity index (χ3n) is 5.02. The number of nitrogens with one attached hydrogen (secondary N) is 1. The second kappa shape index (κ2) is 11.2. The number of carbonyl (C=O) groups excluding carboxylic acids is 1. The lowest BCUT2D eigenvalue weighted by Gasteiger charge is -2.08. The number of rotatable bonds is 11. The molecule has 0 saturated heterocycles. The molecule has 2 heterocycles. The van der Waals surface area contributed by atoms with Crippen molar-refractivity contribution in [1.82, 2.24) is 24.1 Å². The zero-order valence-electron chi connectivity index (χ0n) is 18.1. The number of anilines is 1. The molecule has 0 aliphatic carbocycles. The summed E-state index contributed by atoms with van der Waals surface area (Å²) >= 11 is 11.7. The summed E-state index contributed by atoms with van der Waals surface area (Å²) in [6.07, 6.45) is 6.13. The van der Waals surface area contributed by atoms with Crippen LogP contribution in [-0.4, -0.2) is 30.0 Å². The summed E-state index contributed by atoms with van der Waals surface area (Å²) in [5.74, 6) is 1.43. The van der Waals surface area contributed by atoms with Crippen molar-refractivity contribution in [2.45, 2.75) is 65.6 Å². The largest absolute Gasteiger partial charge is 0.311 e. The molecule has 0 bridgehead atoms. The maximum absolute atomic E-state index is 12.5. The van der Waals surface area contributed by atoms with Gasteiger partial charge in [-0.25, -0.2) is 9.36 Å². The number of carbonyl (C=O) groups is 1. The highest BCUT2D eigenvalue weighted by Crippen LogP contribution is 2.21. The number of amides is 1. The highest BCUT2D eigenvalue weighted by molar-refractivity contribution is 7.71. The molecule has 0 spiro atoms. The molecule has 0 aliphatic heterocycles. The third-order valence-corrected chi connectivity index (χ3v) is 5.70. The number of aromatic nitrogens is 5. The second-order valence-electron chi connectivity index (χ2n) is 7.43. The summed E-state index contributed by atoms with van der Waals surface area (Å²) < 4.78 is 6.23. The average molecular weight is 461 g/mol. The molecule has 3 rings (SSSR count). The van der Waals surface area contributed by atoms with Crippen molar-refractivity contribution in [3.05, 3.63) is 46.3 Å². The number of hydrogen-bond acceptors (Lipinski definition) is 4. The topological polar surface area (TPSA) is 69.7 Å². The fourth-order valence-corrected chi connectivity index (χ4v) is 3.69. The molecule has 166 valence electrons. The molecule has 3 aromatic rings. The van der Waals surface area contributed by atoms with E-state index in [-0.39, 0.29) is 12.3 Å². The van der Waals surface area contributed by atoms with E-state index in [1.807, 2.05) is 39.6 Å². The van der Waals surface area contributed by atoms with Crippen LogP contribution in [0.25, 0.3) is 11.4 Å². The van der Waals surface area contributed by atoms with Crippen LogP contribution in [0.1, 0.15) is 46.0 Å². The minimum absolute atomic E-state index is 0.0868. The molecular formula is C22H29ClN6OS. The Balaban J connectivity index is 1.72. The molecule has 2 aromatic heterocycles. The number of halogens is 1. The molecular weight excluding hydrogens is 432 g/mol. The Labute approximate surface area is 193 Å². The van der Waals surface area contributed by atoms with Gasteiger partial charge in [0.05, 0.1) is 12.7 Å². The summed E-state index contributed by atoms with van der Waals surface area (Å²) in [7, 11) is 0. The Morgan fingerprint density at radius 1 is 1.03 bits per heavy atom. The number of hydrogen-bond donors (Lipinski definition) is 1. The van der Waals surface area contributed by atoms with Gasteiger partial charge < -0.3 is 5.32 Å². The van der Waals surface area contributed by atoms with Crippen LogP contribution in [0.2, 0.25) is 5.02 Å². The third kappa shape index (κ3) is 6.04. The second-order valence-corrected chi connectivity index (χ2v) is 8.23. The molecule has 31 heavy (non-hydrogen) atoms. The van der Waals surface area contributed by atoms with Gasteiger partial charge in [-0.05, 0) is 49.3 Å². The van der Waals surface area contributed by atoms with Crippen LogP contribution in [0.5, 0.6) is 0 Å². The lowest BCUT2D eigenvalue weighted by Crippen LogP contribution is -2.18. The molecule has 0 radical (unpaired) electrons. The minimum atomic E-state index is -0.0868. The van der Waals surface area contributed by atoms with E-state index in [0.717, 1.165) is 56.0 Å². The Bertz CT molecular complexity index is 1050. The fraction of sp³-hybridized carbons (Fsp3) is 0.455. The van der Waals surface area contributed by atoms with Crippen LogP contribution >= 0.6 is 23.8 Å². The molecule has 1 aromatic carbocycles. The summed E-state index contributed by atoms with van der Waals surface area (Å²) in [4.78, 5) is 12.5. The van der Waals surface area contributed by atoms with E-state index in [9.17, 15) is 4.79 Å². The summed E-state index contributed by atoms with van der Waals surface area (Å²) in [6.45, 7) is 6.26. The zero-order chi connectivity index (χ0) is 22.2. The first-order chi connectivity index (χ1) is 15.0. The zero-order valence-corrected chi connectivity index (χ0v) is 19.6. The van der Waals surface area contributed by atoms with Crippen LogP contribution in [0, 0.1) is 4.77 Å². The number of unbranched alkanes of at least 4 members (excludes halogenated alkanes) is 2. The van der Waals surface area contributed by atoms with Crippen molar-refractivity contribution < 1.29 is 4.79 Å². The van der Waals surface area contributed by atoms with Gasteiger partial charge in [-0.15, -0.1) is 0 Å². The molecule has 0 aliphatic rings. The number of nitrogens with zero attached hydrogens (tertiary/aromatic N) is 5. The Morgan fingerprint density at radius 2 is 1.74 bits per heavy atom. The maximum Gasteiger partial charge on any atom is 0.227 e. The molecule has 0 atom stereocenters. The van der Waals surface area contributed by atoms with E-state index < -0.39 is 0 Å². The first-order valence-corrected chi connectivity index (χ1v) is 11.6. The van der Waals surface area contributed by atoms with Gasteiger partial charge in [-0.1, -0.05) is 38.3 Å². The highest BCUT2D eigenvalue weighted by atomic mass is 35.5. The molecule has 1 N–H and O–H groups in total. The predicted molar refractivity (Wildman–Crippen MR) is 127 cm³/mol. The Morgan fingerprint density at radius 3 is 2.45 bits per heavy atom. The maximum atomic E-state index is 12.5. The van der Waals surface area contributed by atoms with E-state index in [1.165, 1.54) is 0 Å². The molecule has 7 nitrogen and oxygen atoms in total. The molecule has 0 fully saturated rings. The quantitative estimate of drug-likeness (QED) is 0.380. The summed E-state index contributed by atoms with van der Waals surface area (Å²) in [5, 5.41) is 12.6. The monoisotopic (exact) mass is 460 g/mol. The van der Waals surface area contributed by atoms with E-state index in [4.69, 9.17) is 28.9 Å². The van der Waals surface area contributed by atoms with Gasteiger partial charge in [0.25, 0.3) is 0 Å². The van der Waals surface area contributed by atoms with Gasteiger partial charge in [-0.3, -0.25) is 9.36 Å². The van der Waals surface area contributed by atoms with Crippen molar-refractivity contribution in [3.63, 3.8) is 0 Å². The van der Waals surface area contributed by atoms with Gasteiger partial charge in [0.1, 0.15) is 5.82 Å². The smallest absolute Gasteiger partial charge is 0.227 e. The van der Waals surface area contributed by atoms with E-state index >= 15 is 0 Å². The lowest BCUT2D eigenvalue weighted by atomic mass is 10.2. The van der Waals surface area contributed by atoms with Crippen molar-refractivity contribution in [2.24, 2.45) is 0 Å². The van der Waals surface area contributed by atoms with Crippen LogP contribution in [0.4, 0.5) is 5.82 Å². The van der Waals surface area contributed by atoms with Gasteiger partial charge in [0.15, 0.2) is 10.6 Å². The van der Waals surface area contributed by atoms with Gasteiger partial charge in [0.2, 0.25) is 5.91 Å². The minimum Gasteiger partial charge on any atom is -0.311 e. The standard InChI is InChI=1S/C22H29ClN6OS/c1-3-5-14-27-21(17-7-9-18(23)10-8-17)26-29(22(27)31)16-12-20(30)25-19-11-13-24-28(19)15-6-4-2/h7-11,13H,3-6,12,14-16H2,1-2H3,(H,25,30). The van der Waals surface area contributed by atoms with E-state index in [2.05, 4.69) is 24.3 Å². The Kier molecular flexibility index (Phi) is 8.43. The van der Waals surface area contributed by atoms with Crippen molar-refractivity contribution in [3.8, 4) is 11.4 Å². The molecule has 1 amide bonds. The average Bonchev–Trinajstić information content (AvgIpc) is 3.33. The van der Waals surface area contributed by atoms with E-state index in [1.54, 1.807) is 10.9 Å². The van der Waals surface area contributed by atoms with Gasteiger partial charge in [-0.2, -0.15) is 10.2 Å². The fourth-order valence-electron chi connectivity index (χ4n) is 3.25. The van der Waals surface area contributed by atoms with E-state index in [0.29, 0.717) is 16.3 Å². The molecule has 9 heteroatoms. The van der Waals surface area contributed by atoms with Crippen molar-refractivity contribution >= 4 is 35.5 Å². The van der Waals surface area contributed by atoms with Crippen molar-refractivity contribution in [1.29, 1.82) is 0 Å². The van der Waals surface area contributed by atoms with Crippen molar-refractivity contribution in [2.75, 3.05) is 5.32 Å². The SMILES string of the molecule is CCCCn1nccc1NC(=O)CCn1nc(-c2ccc(Cl)cc2)n(CCCC)c1=S. The molecule has 0 saturated carbocycles. The summed E-state index contributed by atoms with van der Waals surface area (Å²) in [6, 6.07) is 9.39. The van der Waals surface area contributed by atoms with Crippen LogP contribution in [-0.2, 0) is 24.4 Å². The van der Waals surface area contributed by atoms with Gasteiger partial charge in [0, 0.05) is 36.2 Å². The normalized spacial score (nSPS) is 11.1. The van der Waals surface area contributed by atoms with Crippen LogP contribution in [0.15, 0.2) is 36.5 Å². The lowest BCUT2D eigenvalue weighted by molar-refractivity contribution is -0.116. The number of benzene rings is 1. The molecule has 0 unspecified atom stereocenters. The Hall–Kier alpha value is -2.45. The first kappa shape index (κ1) is 23.2. The van der Waals surface area contributed by atoms with Crippen LogP contribution in [0.3, 0.4) is 0 Å². The highest BCUT2D eigenvalue weighted by Gasteiger charge is 2.14. The first-order valence-electron chi connectivity index (χ1n) is 10.8. The predicted octanol–water partition coefficient (Wildman–Crippen LogP) is 5.56. The number of aryl methyl sites for hydroxylation is 2. The van der Waals surface area contributed by atoms with Crippen LogP contribution < -0.4 is 5.32 Å². The van der Waals surface area contributed by atoms with Gasteiger partial charge >= 0.3 is 0 Å². The summed E-state index contributed by atoms with van der Waals surface area (Å²) in [5.41, 5.74) is 0.953.